The third kappa shape index (κ3) is 4.90. The van der Waals surface area contributed by atoms with Gasteiger partial charge in [-0.2, -0.15) is 0 Å². The molecule has 6 heteroatoms. The summed E-state index contributed by atoms with van der Waals surface area (Å²) < 4.78 is 0. The SMILES string of the molecule is CC(CO)(CO)CCCCN1CCN(c2ncccn2)CC1. The van der Waals surface area contributed by atoms with E-state index in [0.717, 1.165) is 57.9 Å². The molecule has 6 nitrogen and oxygen atoms in total. The summed E-state index contributed by atoms with van der Waals surface area (Å²) in [4.78, 5) is 13.3. The quantitative estimate of drug-likeness (QED) is 0.691. The third-order valence-electron chi connectivity index (χ3n) is 4.48. The minimum atomic E-state index is -0.330. The predicted molar refractivity (Wildman–Crippen MR) is 86.8 cm³/mol. The molecule has 0 spiro atoms. The van der Waals surface area contributed by atoms with E-state index in [-0.39, 0.29) is 18.6 Å². The number of unbranched alkanes of at least 4 members (excludes halogenated alkanes) is 1. The highest BCUT2D eigenvalue weighted by Crippen LogP contribution is 2.22. The zero-order valence-electron chi connectivity index (χ0n) is 13.5. The van der Waals surface area contributed by atoms with Crippen LogP contribution in [-0.4, -0.2) is 71.0 Å². The van der Waals surface area contributed by atoms with Crippen molar-refractivity contribution in [2.75, 3.05) is 50.8 Å². The van der Waals surface area contributed by atoms with Crippen LogP contribution in [0.1, 0.15) is 26.2 Å². The summed E-state index contributed by atoms with van der Waals surface area (Å²) in [7, 11) is 0. The first-order valence-electron chi connectivity index (χ1n) is 8.13. The van der Waals surface area contributed by atoms with E-state index in [9.17, 15) is 10.2 Å². The van der Waals surface area contributed by atoms with Crippen LogP contribution in [-0.2, 0) is 0 Å². The molecule has 2 heterocycles. The summed E-state index contributed by atoms with van der Waals surface area (Å²) in [6, 6.07) is 1.84. The Labute approximate surface area is 132 Å². The fraction of sp³-hybridized carbons (Fsp3) is 0.750. The molecule has 1 aromatic rings. The molecule has 22 heavy (non-hydrogen) atoms. The summed E-state index contributed by atoms with van der Waals surface area (Å²) in [5.41, 5.74) is -0.330. The van der Waals surface area contributed by atoms with Crippen molar-refractivity contribution < 1.29 is 10.2 Å². The zero-order valence-corrected chi connectivity index (χ0v) is 13.5. The molecular weight excluding hydrogens is 280 g/mol. The van der Waals surface area contributed by atoms with E-state index in [1.54, 1.807) is 12.4 Å². The van der Waals surface area contributed by atoms with Gasteiger partial charge in [-0.3, -0.25) is 4.90 Å². The predicted octanol–water partition coefficient (Wildman–Crippen LogP) is 0.760. The Morgan fingerprint density at radius 1 is 1.05 bits per heavy atom. The maximum absolute atomic E-state index is 9.28. The van der Waals surface area contributed by atoms with Gasteiger partial charge in [0.2, 0.25) is 5.95 Å². The lowest BCUT2D eigenvalue weighted by molar-refractivity contribution is 0.0598. The Kier molecular flexibility index (Phi) is 6.54. The lowest BCUT2D eigenvalue weighted by Gasteiger charge is -2.34. The number of aliphatic hydroxyl groups excluding tert-OH is 2. The molecule has 0 aromatic carbocycles. The first-order chi connectivity index (χ1) is 10.7. The van der Waals surface area contributed by atoms with E-state index in [0.29, 0.717) is 0 Å². The van der Waals surface area contributed by atoms with Gasteiger partial charge >= 0.3 is 0 Å². The number of hydrogen-bond acceptors (Lipinski definition) is 6. The molecule has 1 aliphatic heterocycles. The van der Waals surface area contributed by atoms with Crippen LogP contribution in [0.5, 0.6) is 0 Å². The van der Waals surface area contributed by atoms with Gasteiger partial charge in [-0.25, -0.2) is 9.97 Å². The molecule has 2 N–H and O–H groups in total. The highest BCUT2D eigenvalue weighted by atomic mass is 16.3. The van der Waals surface area contributed by atoms with Crippen molar-refractivity contribution in [3.63, 3.8) is 0 Å². The lowest BCUT2D eigenvalue weighted by atomic mass is 9.87. The molecule has 0 atom stereocenters. The van der Waals surface area contributed by atoms with Gasteiger partial charge in [0.15, 0.2) is 0 Å². The monoisotopic (exact) mass is 308 g/mol. The van der Waals surface area contributed by atoms with E-state index in [2.05, 4.69) is 19.8 Å². The molecule has 0 amide bonds. The fourth-order valence-corrected chi connectivity index (χ4v) is 2.72. The molecule has 0 saturated carbocycles. The minimum Gasteiger partial charge on any atom is -0.396 e. The number of aliphatic hydroxyl groups is 2. The first-order valence-corrected chi connectivity index (χ1v) is 8.13. The van der Waals surface area contributed by atoms with Crippen LogP contribution in [0.4, 0.5) is 5.95 Å². The zero-order chi connectivity index (χ0) is 15.8. The van der Waals surface area contributed by atoms with E-state index < -0.39 is 0 Å². The van der Waals surface area contributed by atoms with Crippen LogP contribution in [0, 0.1) is 5.41 Å². The Hall–Kier alpha value is -1.24. The van der Waals surface area contributed by atoms with Gasteiger partial charge in [0.25, 0.3) is 0 Å². The third-order valence-corrected chi connectivity index (χ3v) is 4.48. The molecule has 1 aliphatic rings. The van der Waals surface area contributed by atoms with Gasteiger partial charge in [-0.1, -0.05) is 13.3 Å². The van der Waals surface area contributed by atoms with Crippen molar-refractivity contribution in [3.05, 3.63) is 18.5 Å². The average Bonchev–Trinajstić information content (AvgIpc) is 2.60. The number of nitrogens with zero attached hydrogens (tertiary/aromatic N) is 4. The van der Waals surface area contributed by atoms with Gasteiger partial charge in [0.1, 0.15) is 0 Å². The molecule has 2 rings (SSSR count). The molecule has 0 bridgehead atoms. The van der Waals surface area contributed by atoms with Crippen molar-refractivity contribution in [2.24, 2.45) is 5.41 Å². The highest BCUT2D eigenvalue weighted by Gasteiger charge is 2.22. The topological polar surface area (TPSA) is 72.7 Å². The van der Waals surface area contributed by atoms with Crippen molar-refractivity contribution in [1.82, 2.24) is 14.9 Å². The lowest BCUT2D eigenvalue weighted by Crippen LogP contribution is -2.47. The van der Waals surface area contributed by atoms with E-state index in [4.69, 9.17) is 0 Å². The molecule has 1 saturated heterocycles. The van der Waals surface area contributed by atoms with Crippen molar-refractivity contribution in [1.29, 1.82) is 0 Å². The second-order valence-corrected chi connectivity index (χ2v) is 6.46. The highest BCUT2D eigenvalue weighted by molar-refractivity contribution is 5.29. The first kappa shape index (κ1) is 17.1. The largest absolute Gasteiger partial charge is 0.396 e. The van der Waals surface area contributed by atoms with Crippen LogP contribution >= 0.6 is 0 Å². The smallest absolute Gasteiger partial charge is 0.225 e. The van der Waals surface area contributed by atoms with Crippen molar-refractivity contribution in [3.8, 4) is 0 Å². The van der Waals surface area contributed by atoms with Gasteiger partial charge in [-0.15, -0.1) is 0 Å². The number of anilines is 1. The van der Waals surface area contributed by atoms with Crippen molar-refractivity contribution >= 4 is 5.95 Å². The second-order valence-electron chi connectivity index (χ2n) is 6.46. The molecule has 0 unspecified atom stereocenters. The van der Waals surface area contributed by atoms with E-state index in [1.165, 1.54) is 0 Å². The summed E-state index contributed by atoms with van der Waals surface area (Å²) in [5, 5.41) is 18.6. The normalized spacial score (nSPS) is 17.0. The summed E-state index contributed by atoms with van der Waals surface area (Å²) in [5.74, 6) is 0.823. The summed E-state index contributed by atoms with van der Waals surface area (Å²) in [6.07, 6.45) is 6.59. The minimum absolute atomic E-state index is 0.0548. The Morgan fingerprint density at radius 3 is 2.27 bits per heavy atom. The molecule has 1 fully saturated rings. The second kappa shape index (κ2) is 8.41. The van der Waals surface area contributed by atoms with E-state index >= 15 is 0 Å². The van der Waals surface area contributed by atoms with Crippen LogP contribution in [0.2, 0.25) is 0 Å². The van der Waals surface area contributed by atoms with Gasteiger partial charge in [0, 0.05) is 44.0 Å². The van der Waals surface area contributed by atoms with E-state index in [1.807, 2.05) is 13.0 Å². The summed E-state index contributed by atoms with van der Waals surface area (Å²) >= 11 is 0. The van der Waals surface area contributed by atoms with Crippen molar-refractivity contribution in [2.45, 2.75) is 26.2 Å². The van der Waals surface area contributed by atoms with Gasteiger partial charge in [0.05, 0.1) is 13.2 Å². The molecule has 0 radical (unpaired) electrons. The van der Waals surface area contributed by atoms with Gasteiger partial charge < -0.3 is 15.1 Å². The maximum Gasteiger partial charge on any atom is 0.225 e. The molecule has 124 valence electrons. The Bertz CT molecular complexity index is 417. The number of piperazine rings is 1. The maximum atomic E-state index is 9.28. The molecular formula is C16H28N4O2. The Morgan fingerprint density at radius 2 is 1.68 bits per heavy atom. The fourth-order valence-electron chi connectivity index (χ4n) is 2.72. The van der Waals surface area contributed by atoms with Gasteiger partial charge in [-0.05, 0) is 25.5 Å². The Balaban J connectivity index is 1.64. The average molecular weight is 308 g/mol. The van der Waals surface area contributed by atoms with Crippen LogP contribution in [0.3, 0.4) is 0 Å². The molecule has 0 aliphatic carbocycles. The number of hydrogen-bond donors (Lipinski definition) is 2. The van der Waals surface area contributed by atoms with Crippen LogP contribution < -0.4 is 4.90 Å². The summed E-state index contributed by atoms with van der Waals surface area (Å²) in [6.45, 7) is 7.13. The van der Waals surface area contributed by atoms with Crippen LogP contribution in [0.25, 0.3) is 0 Å². The van der Waals surface area contributed by atoms with Crippen LogP contribution in [0.15, 0.2) is 18.5 Å². The number of rotatable bonds is 8. The standard InChI is InChI=1S/C16H28N4O2/c1-16(13-21,14-22)5-2-3-8-19-9-11-20(12-10-19)15-17-6-4-7-18-15/h4,6-7,21-22H,2-3,5,8-14H2,1H3. The number of aromatic nitrogens is 2. The molecule has 1 aromatic heterocycles.